The predicted molar refractivity (Wildman–Crippen MR) is 105 cm³/mol. The lowest BCUT2D eigenvalue weighted by atomic mass is 9.75. The maximum absolute atomic E-state index is 13.4. The Balaban J connectivity index is 1.30. The molecule has 5 heteroatoms. The number of carbonyl (C=O) groups is 1. The SMILES string of the molecule is O=C(CC1CCCC1)N1C[C@H](c2ccc3c(c2)OCO3)[C@H]2[C@@H]1C1CCN2CC1. The van der Waals surface area contributed by atoms with Crippen LogP contribution in [-0.4, -0.2) is 54.2 Å². The van der Waals surface area contributed by atoms with Gasteiger partial charge in [0.05, 0.1) is 6.04 Å². The van der Waals surface area contributed by atoms with Gasteiger partial charge < -0.3 is 14.4 Å². The third kappa shape index (κ3) is 2.66. The van der Waals surface area contributed by atoms with Crippen LogP contribution in [0.15, 0.2) is 18.2 Å². The Morgan fingerprint density at radius 1 is 1.00 bits per heavy atom. The number of ether oxygens (including phenoxy) is 2. The number of hydrogen-bond acceptors (Lipinski definition) is 4. The third-order valence-corrected chi connectivity index (χ3v) is 8.08. The Morgan fingerprint density at radius 3 is 2.61 bits per heavy atom. The molecule has 1 aromatic rings. The number of fused-ring (bicyclic) bond motifs is 3. The maximum atomic E-state index is 13.4. The fourth-order valence-corrected chi connectivity index (χ4v) is 6.72. The van der Waals surface area contributed by atoms with Crippen LogP contribution in [0, 0.1) is 11.8 Å². The topological polar surface area (TPSA) is 42.0 Å². The molecule has 1 aromatic carbocycles. The van der Waals surface area contributed by atoms with Crippen LogP contribution in [0.25, 0.3) is 0 Å². The van der Waals surface area contributed by atoms with Gasteiger partial charge in [0, 0.05) is 24.9 Å². The molecular weight excluding hydrogens is 352 g/mol. The normalized spacial score (nSPS) is 36.1. The molecule has 5 heterocycles. The van der Waals surface area contributed by atoms with Gasteiger partial charge in [-0.25, -0.2) is 0 Å². The number of benzene rings is 1. The van der Waals surface area contributed by atoms with Gasteiger partial charge in [-0.05, 0) is 68.3 Å². The van der Waals surface area contributed by atoms with E-state index in [-0.39, 0.29) is 0 Å². The fraction of sp³-hybridized carbons (Fsp3) is 0.696. The van der Waals surface area contributed by atoms with Gasteiger partial charge in [0.2, 0.25) is 12.7 Å². The summed E-state index contributed by atoms with van der Waals surface area (Å²) in [4.78, 5) is 18.3. The predicted octanol–water partition coefficient (Wildman–Crippen LogP) is 3.38. The summed E-state index contributed by atoms with van der Waals surface area (Å²) in [6.07, 6.45) is 8.37. The van der Waals surface area contributed by atoms with E-state index in [1.165, 1.54) is 57.2 Å². The highest BCUT2D eigenvalue weighted by atomic mass is 16.7. The van der Waals surface area contributed by atoms with E-state index >= 15 is 0 Å². The number of nitrogens with zero attached hydrogens (tertiary/aromatic N) is 2. The zero-order valence-corrected chi connectivity index (χ0v) is 16.5. The number of likely N-dealkylation sites (tertiary alicyclic amines) is 1. The van der Waals surface area contributed by atoms with Gasteiger partial charge in [-0.3, -0.25) is 9.69 Å². The van der Waals surface area contributed by atoms with Crippen LogP contribution in [0.5, 0.6) is 11.5 Å². The fourth-order valence-electron chi connectivity index (χ4n) is 6.72. The molecule has 5 aliphatic heterocycles. The zero-order valence-electron chi connectivity index (χ0n) is 16.5. The van der Waals surface area contributed by atoms with Crippen molar-refractivity contribution in [2.45, 2.75) is 62.9 Å². The number of hydrogen-bond donors (Lipinski definition) is 0. The van der Waals surface area contributed by atoms with E-state index in [1.54, 1.807) is 0 Å². The van der Waals surface area contributed by atoms with Gasteiger partial charge in [-0.15, -0.1) is 0 Å². The molecular formula is C23H30N2O3. The molecule has 0 spiro atoms. The summed E-state index contributed by atoms with van der Waals surface area (Å²) in [6.45, 7) is 3.57. The summed E-state index contributed by atoms with van der Waals surface area (Å²) >= 11 is 0. The average molecular weight is 383 g/mol. The summed E-state index contributed by atoms with van der Waals surface area (Å²) in [5, 5.41) is 0. The summed E-state index contributed by atoms with van der Waals surface area (Å²) in [6, 6.07) is 7.29. The Labute approximate surface area is 167 Å². The lowest BCUT2D eigenvalue weighted by Gasteiger charge is -2.51. The maximum Gasteiger partial charge on any atom is 0.231 e. The van der Waals surface area contributed by atoms with Crippen molar-refractivity contribution < 1.29 is 14.3 Å². The molecule has 3 atom stereocenters. The molecule has 1 amide bonds. The summed E-state index contributed by atoms with van der Waals surface area (Å²) < 4.78 is 11.2. The molecule has 5 nitrogen and oxygen atoms in total. The van der Waals surface area contributed by atoms with Crippen LogP contribution < -0.4 is 9.47 Å². The molecule has 1 saturated carbocycles. The number of rotatable bonds is 3. The van der Waals surface area contributed by atoms with Crippen molar-refractivity contribution in [3.63, 3.8) is 0 Å². The van der Waals surface area contributed by atoms with Crippen molar-refractivity contribution in [2.75, 3.05) is 26.4 Å². The van der Waals surface area contributed by atoms with Gasteiger partial charge in [-0.1, -0.05) is 18.9 Å². The molecule has 0 radical (unpaired) electrons. The molecule has 1 aliphatic carbocycles. The van der Waals surface area contributed by atoms with Gasteiger partial charge >= 0.3 is 0 Å². The lowest BCUT2D eigenvalue weighted by molar-refractivity contribution is -0.137. The van der Waals surface area contributed by atoms with Crippen LogP contribution in [0.4, 0.5) is 0 Å². The summed E-state index contributed by atoms with van der Waals surface area (Å²) in [5.74, 6) is 3.81. The van der Waals surface area contributed by atoms with Crippen LogP contribution in [0.1, 0.15) is 56.4 Å². The summed E-state index contributed by atoms with van der Waals surface area (Å²) in [7, 11) is 0. The van der Waals surface area contributed by atoms with Crippen molar-refractivity contribution in [2.24, 2.45) is 11.8 Å². The second-order valence-electron chi connectivity index (χ2n) is 9.47. The smallest absolute Gasteiger partial charge is 0.231 e. The molecule has 28 heavy (non-hydrogen) atoms. The first-order chi connectivity index (χ1) is 13.8. The highest BCUT2D eigenvalue weighted by molar-refractivity contribution is 5.77. The minimum atomic E-state index is 0.315. The van der Waals surface area contributed by atoms with E-state index in [4.69, 9.17) is 9.47 Å². The van der Waals surface area contributed by atoms with E-state index in [1.807, 2.05) is 6.07 Å². The van der Waals surface area contributed by atoms with Crippen molar-refractivity contribution in [1.29, 1.82) is 0 Å². The van der Waals surface area contributed by atoms with E-state index in [0.29, 0.717) is 42.5 Å². The summed E-state index contributed by atoms with van der Waals surface area (Å²) in [5.41, 5.74) is 1.31. The Bertz CT molecular complexity index is 767. The monoisotopic (exact) mass is 382 g/mol. The largest absolute Gasteiger partial charge is 0.454 e. The Hall–Kier alpha value is -1.75. The first-order valence-electron chi connectivity index (χ1n) is 11.2. The molecule has 2 bridgehead atoms. The average Bonchev–Trinajstić information content (AvgIpc) is 3.47. The quantitative estimate of drug-likeness (QED) is 0.804. The molecule has 0 N–H and O–H groups in total. The first kappa shape index (κ1) is 17.1. The molecule has 0 aromatic heterocycles. The van der Waals surface area contributed by atoms with Gasteiger partial charge in [0.1, 0.15) is 0 Å². The van der Waals surface area contributed by atoms with Crippen molar-refractivity contribution in [3.8, 4) is 11.5 Å². The van der Waals surface area contributed by atoms with Crippen molar-refractivity contribution >= 4 is 5.91 Å². The number of piperidine rings is 3. The van der Waals surface area contributed by atoms with Crippen LogP contribution in [-0.2, 0) is 4.79 Å². The van der Waals surface area contributed by atoms with Crippen molar-refractivity contribution in [1.82, 2.24) is 9.80 Å². The van der Waals surface area contributed by atoms with Gasteiger partial charge in [0.15, 0.2) is 11.5 Å². The first-order valence-corrected chi connectivity index (χ1v) is 11.2. The lowest BCUT2D eigenvalue weighted by Crippen LogP contribution is -2.60. The molecule has 0 unspecified atom stereocenters. The van der Waals surface area contributed by atoms with Gasteiger partial charge in [0.25, 0.3) is 0 Å². The van der Waals surface area contributed by atoms with Crippen LogP contribution >= 0.6 is 0 Å². The van der Waals surface area contributed by atoms with E-state index in [2.05, 4.69) is 21.9 Å². The second-order valence-corrected chi connectivity index (χ2v) is 9.47. The minimum Gasteiger partial charge on any atom is -0.454 e. The molecule has 150 valence electrons. The molecule has 4 saturated heterocycles. The Morgan fingerprint density at radius 2 is 1.79 bits per heavy atom. The van der Waals surface area contributed by atoms with E-state index in [9.17, 15) is 4.79 Å². The van der Waals surface area contributed by atoms with E-state index < -0.39 is 0 Å². The standard InChI is InChI=1S/C23H30N2O3/c26-21(11-15-3-1-2-4-15)25-13-18(17-5-6-19-20(12-17)28-14-27-19)23-22(25)16-7-9-24(23)10-8-16/h5-6,12,15-16,18,22-23H,1-4,7-11,13-14H2/t18-,22+,23+/m1/s1. The van der Waals surface area contributed by atoms with Crippen LogP contribution in [0.2, 0.25) is 0 Å². The third-order valence-electron chi connectivity index (χ3n) is 8.08. The Kier molecular flexibility index (Phi) is 4.07. The van der Waals surface area contributed by atoms with E-state index in [0.717, 1.165) is 24.5 Å². The second kappa shape index (κ2) is 6.65. The molecule has 5 fully saturated rings. The van der Waals surface area contributed by atoms with Crippen molar-refractivity contribution in [3.05, 3.63) is 23.8 Å². The number of amides is 1. The highest BCUT2D eigenvalue weighted by Gasteiger charge is 2.54. The minimum absolute atomic E-state index is 0.315. The number of carbonyl (C=O) groups excluding carboxylic acids is 1. The molecule has 7 rings (SSSR count). The molecule has 6 aliphatic rings. The zero-order chi connectivity index (χ0) is 18.7. The highest BCUT2D eigenvalue weighted by Crippen LogP contribution is 2.48. The van der Waals surface area contributed by atoms with Crippen LogP contribution in [0.3, 0.4) is 0 Å². The van der Waals surface area contributed by atoms with Gasteiger partial charge in [-0.2, -0.15) is 0 Å².